The molecule has 0 bridgehead atoms. The van der Waals surface area contributed by atoms with Crippen molar-refractivity contribution in [3.63, 3.8) is 0 Å². The Morgan fingerprint density at radius 3 is 2.88 bits per heavy atom. The number of aromatic hydroxyl groups is 1. The zero-order chi connectivity index (χ0) is 12.5. The summed E-state index contributed by atoms with van der Waals surface area (Å²) in [5, 5.41) is 13.8. The number of phenols is 1. The molecule has 2 N–H and O–H groups in total. The van der Waals surface area contributed by atoms with E-state index in [1.165, 1.54) is 19.3 Å². The van der Waals surface area contributed by atoms with Crippen LogP contribution >= 0.6 is 11.6 Å². The molecule has 0 radical (unpaired) electrons. The Bertz CT molecular complexity index is 403. The number of rotatable bonds is 3. The highest BCUT2D eigenvalue weighted by Crippen LogP contribution is 2.37. The largest absolute Gasteiger partial charge is 0.506 e. The van der Waals surface area contributed by atoms with Gasteiger partial charge in [0.25, 0.3) is 0 Å². The zero-order valence-corrected chi connectivity index (χ0v) is 11.2. The first-order chi connectivity index (χ1) is 8.00. The van der Waals surface area contributed by atoms with Gasteiger partial charge in [-0.25, -0.2) is 0 Å². The van der Waals surface area contributed by atoms with Crippen LogP contribution in [0.5, 0.6) is 5.75 Å². The molecule has 0 amide bonds. The minimum Gasteiger partial charge on any atom is -0.506 e. The number of phenolic OH excluding ortho intramolecular Hbond substituents is 1. The Morgan fingerprint density at radius 1 is 1.47 bits per heavy atom. The third-order valence-corrected chi connectivity index (χ3v) is 4.17. The van der Waals surface area contributed by atoms with Gasteiger partial charge in [0.15, 0.2) is 0 Å². The van der Waals surface area contributed by atoms with Crippen molar-refractivity contribution in [3.05, 3.63) is 28.8 Å². The predicted molar refractivity (Wildman–Crippen MR) is 71.4 cm³/mol. The number of hydrogen-bond acceptors (Lipinski definition) is 2. The molecule has 0 heterocycles. The summed E-state index contributed by atoms with van der Waals surface area (Å²) in [6.45, 7) is 5.28. The highest BCUT2D eigenvalue weighted by molar-refractivity contribution is 6.32. The van der Waals surface area contributed by atoms with Crippen LogP contribution < -0.4 is 5.32 Å². The Balaban J connectivity index is 2.01. The van der Waals surface area contributed by atoms with Crippen molar-refractivity contribution in [3.8, 4) is 5.75 Å². The first-order valence-corrected chi connectivity index (χ1v) is 6.58. The minimum atomic E-state index is 0.206. The van der Waals surface area contributed by atoms with E-state index < -0.39 is 0 Å². The molecule has 2 rings (SSSR count). The van der Waals surface area contributed by atoms with Crippen molar-refractivity contribution in [2.24, 2.45) is 5.41 Å². The number of hydrogen-bond donors (Lipinski definition) is 2. The van der Waals surface area contributed by atoms with Crippen molar-refractivity contribution < 1.29 is 5.11 Å². The molecule has 0 saturated heterocycles. The smallest absolute Gasteiger partial charge is 0.138 e. The normalized spacial score (nSPS) is 22.9. The van der Waals surface area contributed by atoms with Crippen LogP contribution in [0.2, 0.25) is 5.02 Å². The number of benzene rings is 1. The van der Waals surface area contributed by atoms with Crippen LogP contribution in [-0.2, 0) is 6.54 Å². The van der Waals surface area contributed by atoms with Gasteiger partial charge in [-0.1, -0.05) is 44.0 Å². The third-order valence-electron chi connectivity index (χ3n) is 3.87. The lowest BCUT2D eigenvalue weighted by Gasteiger charge is -2.28. The fourth-order valence-electron chi connectivity index (χ4n) is 2.64. The molecule has 1 unspecified atom stereocenters. The summed E-state index contributed by atoms with van der Waals surface area (Å²) in [4.78, 5) is 0. The number of para-hydroxylation sites is 1. The van der Waals surface area contributed by atoms with Crippen molar-refractivity contribution >= 4 is 11.6 Å². The molecule has 2 nitrogen and oxygen atoms in total. The van der Waals surface area contributed by atoms with Crippen molar-refractivity contribution in [2.45, 2.75) is 45.7 Å². The summed E-state index contributed by atoms with van der Waals surface area (Å²) in [5.41, 5.74) is 1.23. The lowest BCUT2D eigenvalue weighted by atomic mass is 9.87. The maximum Gasteiger partial charge on any atom is 0.138 e. The van der Waals surface area contributed by atoms with E-state index in [9.17, 15) is 5.11 Å². The van der Waals surface area contributed by atoms with E-state index >= 15 is 0 Å². The Labute approximate surface area is 108 Å². The highest BCUT2D eigenvalue weighted by Gasteiger charge is 2.33. The van der Waals surface area contributed by atoms with Crippen LogP contribution in [0.1, 0.15) is 38.7 Å². The van der Waals surface area contributed by atoms with E-state index in [0.29, 0.717) is 23.0 Å². The Kier molecular flexibility index (Phi) is 3.64. The molecule has 1 aliphatic rings. The molecular weight excluding hydrogens is 234 g/mol. The molecule has 0 spiro atoms. The van der Waals surface area contributed by atoms with Gasteiger partial charge in [0.05, 0.1) is 5.02 Å². The van der Waals surface area contributed by atoms with Crippen LogP contribution in [-0.4, -0.2) is 11.1 Å². The molecule has 94 valence electrons. The van der Waals surface area contributed by atoms with Crippen molar-refractivity contribution in [1.29, 1.82) is 0 Å². The second-order valence-corrected chi connectivity index (χ2v) is 5.97. The molecule has 17 heavy (non-hydrogen) atoms. The topological polar surface area (TPSA) is 32.3 Å². The Hall–Kier alpha value is -0.730. The lowest BCUT2D eigenvalue weighted by molar-refractivity contribution is 0.281. The minimum absolute atomic E-state index is 0.206. The third kappa shape index (κ3) is 2.75. The molecule has 3 heteroatoms. The average Bonchev–Trinajstić information content (AvgIpc) is 2.60. The fourth-order valence-corrected chi connectivity index (χ4v) is 2.84. The Morgan fingerprint density at radius 2 is 2.24 bits per heavy atom. The van der Waals surface area contributed by atoms with E-state index in [1.54, 1.807) is 6.07 Å². The van der Waals surface area contributed by atoms with Gasteiger partial charge in [-0.05, 0) is 24.3 Å². The van der Waals surface area contributed by atoms with Gasteiger partial charge >= 0.3 is 0 Å². The van der Waals surface area contributed by atoms with Crippen LogP contribution in [0.3, 0.4) is 0 Å². The zero-order valence-electron chi connectivity index (χ0n) is 10.5. The molecule has 0 aliphatic heterocycles. The van der Waals surface area contributed by atoms with Gasteiger partial charge in [-0.2, -0.15) is 0 Å². The van der Waals surface area contributed by atoms with E-state index in [4.69, 9.17) is 11.6 Å². The van der Waals surface area contributed by atoms with Crippen LogP contribution in [0, 0.1) is 5.41 Å². The van der Waals surface area contributed by atoms with Crippen molar-refractivity contribution in [1.82, 2.24) is 5.32 Å². The quantitative estimate of drug-likeness (QED) is 0.861. The molecule has 1 aliphatic carbocycles. The molecule has 1 saturated carbocycles. The maximum atomic E-state index is 9.83. The monoisotopic (exact) mass is 253 g/mol. The molecule has 1 atom stereocenters. The second-order valence-electron chi connectivity index (χ2n) is 5.56. The first-order valence-electron chi connectivity index (χ1n) is 6.20. The van der Waals surface area contributed by atoms with E-state index in [1.807, 2.05) is 12.1 Å². The fraction of sp³-hybridized carbons (Fsp3) is 0.571. The van der Waals surface area contributed by atoms with Gasteiger partial charge < -0.3 is 10.4 Å². The van der Waals surface area contributed by atoms with Crippen LogP contribution in [0.4, 0.5) is 0 Å². The summed E-state index contributed by atoms with van der Waals surface area (Å²) in [7, 11) is 0. The molecule has 1 aromatic carbocycles. The highest BCUT2D eigenvalue weighted by atomic mass is 35.5. The van der Waals surface area contributed by atoms with Gasteiger partial charge in [0.2, 0.25) is 0 Å². The summed E-state index contributed by atoms with van der Waals surface area (Å²) < 4.78 is 0. The number of nitrogens with one attached hydrogen (secondary N) is 1. The number of halogens is 1. The molecular formula is C14H20ClNO. The summed E-state index contributed by atoms with van der Waals surface area (Å²) in [5.74, 6) is 0.206. The van der Waals surface area contributed by atoms with Gasteiger partial charge in [0, 0.05) is 18.2 Å². The average molecular weight is 254 g/mol. The molecule has 1 fully saturated rings. The van der Waals surface area contributed by atoms with Gasteiger partial charge in [-0.15, -0.1) is 0 Å². The van der Waals surface area contributed by atoms with E-state index in [-0.39, 0.29) is 5.75 Å². The van der Waals surface area contributed by atoms with Crippen LogP contribution in [0.25, 0.3) is 0 Å². The maximum absolute atomic E-state index is 9.83. The molecule has 0 aromatic heterocycles. The van der Waals surface area contributed by atoms with Gasteiger partial charge in [-0.3, -0.25) is 0 Å². The first kappa shape index (κ1) is 12.7. The lowest BCUT2D eigenvalue weighted by Crippen LogP contribution is -2.37. The standard InChI is InChI=1S/C14H20ClNO/c1-14(2)8-4-7-12(14)16-9-10-5-3-6-11(15)13(10)17/h3,5-6,12,16-17H,4,7-9H2,1-2H3. The van der Waals surface area contributed by atoms with Gasteiger partial charge in [0.1, 0.15) is 5.75 Å². The SMILES string of the molecule is CC1(C)CCCC1NCc1cccc(Cl)c1O. The van der Waals surface area contributed by atoms with E-state index in [0.717, 1.165) is 5.56 Å². The molecule has 1 aromatic rings. The van der Waals surface area contributed by atoms with E-state index in [2.05, 4.69) is 19.2 Å². The summed E-state index contributed by atoms with van der Waals surface area (Å²) in [6.07, 6.45) is 3.77. The van der Waals surface area contributed by atoms with Crippen molar-refractivity contribution in [2.75, 3.05) is 0 Å². The predicted octanol–water partition coefficient (Wildman–Crippen LogP) is 3.71. The summed E-state index contributed by atoms with van der Waals surface area (Å²) in [6, 6.07) is 6.02. The summed E-state index contributed by atoms with van der Waals surface area (Å²) >= 11 is 5.89. The second kappa shape index (κ2) is 4.87. The van der Waals surface area contributed by atoms with Crippen LogP contribution in [0.15, 0.2) is 18.2 Å².